The number of benzene rings is 1. The standard InChI is InChI=1S/C12H16ClNO4S2/c1-8-4-5-10(6-11(8)20(13,17)18)12(15)14-9(2)7-19(3)16/h4-6,9H,7H2,1-3H3,(H,14,15). The van der Waals surface area contributed by atoms with Gasteiger partial charge >= 0.3 is 0 Å². The molecule has 1 rings (SSSR count). The molecule has 1 N–H and O–H groups in total. The topological polar surface area (TPSA) is 80.3 Å². The van der Waals surface area contributed by atoms with E-state index in [1.54, 1.807) is 20.1 Å². The molecule has 0 aliphatic rings. The van der Waals surface area contributed by atoms with E-state index < -0.39 is 25.8 Å². The first kappa shape index (κ1) is 17.1. The minimum absolute atomic E-state index is 0.0847. The van der Waals surface area contributed by atoms with Crippen LogP contribution in [0.2, 0.25) is 0 Å². The van der Waals surface area contributed by atoms with Crippen molar-refractivity contribution in [3.8, 4) is 0 Å². The summed E-state index contributed by atoms with van der Waals surface area (Å²) in [4.78, 5) is 11.9. The van der Waals surface area contributed by atoms with Gasteiger partial charge in [0.05, 0.1) is 4.90 Å². The van der Waals surface area contributed by atoms with Crippen molar-refractivity contribution in [1.82, 2.24) is 5.32 Å². The van der Waals surface area contributed by atoms with Crippen molar-refractivity contribution in [1.29, 1.82) is 0 Å². The maximum atomic E-state index is 12.0. The highest BCUT2D eigenvalue weighted by atomic mass is 35.7. The normalized spacial score (nSPS) is 14.6. The molecular weight excluding hydrogens is 322 g/mol. The summed E-state index contributed by atoms with van der Waals surface area (Å²) in [5, 5.41) is 2.66. The Labute approximate surface area is 125 Å². The molecule has 0 saturated carbocycles. The van der Waals surface area contributed by atoms with Gasteiger partial charge in [-0.25, -0.2) is 8.42 Å². The van der Waals surface area contributed by atoms with E-state index in [9.17, 15) is 17.4 Å². The van der Waals surface area contributed by atoms with Crippen molar-refractivity contribution >= 4 is 36.4 Å². The third-order valence-corrected chi connectivity index (χ3v) is 5.01. The molecule has 0 bridgehead atoms. The highest BCUT2D eigenvalue weighted by Crippen LogP contribution is 2.21. The zero-order valence-electron chi connectivity index (χ0n) is 11.3. The lowest BCUT2D eigenvalue weighted by atomic mass is 10.1. The predicted molar refractivity (Wildman–Crippen MR) is 80.1 cm³/mol. The van der Waals surface area contributed by atoms with E-state index in [0.29, 0.717) is 11.3 Å². The van der Waals surface area contributed by atoms with Crippen LogP contribution in [-0.2, 0) is 19.9 Å². The van der Waals surface area contributed by atoms with Gasteiger partial charge in [0.25, 0.3) is 15.0 Å². The number of hydrogen-bond acceptors (Lipinski definition) is 4. The molecule has 1 amide bonds. The molecule has 0 aliphatic heterocycles. The van der Waals surface area contributed by atoms with Gasteiger partial charge in [0.2, 0.25) is 0 Å². The second kappa shape index (κ2) is 6.69. The van der Waals surface area contributed by atoms with Crippen LogP contribution in [0.15, 0.2) is 23.1 Å². The Morgan fingerprint density at radius 3 is 2.55 bits per heavy atom. The first-order valence-electron chi connectivity index (χ1n) is 5.77. The lowest BCUT2D eigenvalue weighted by molar-refractivity contribution is 0.0943. The van der Waals surface area contributed by atoms with Crippen molar-refractivity contribution in [3.63, 3.8) is 0 Å². The van der Waals surface area contributed by atoms with Gasteiger partial charge in [0, 0.05) is 45.1 Å². The molecule has 0 aliphatic carbocycles. The maximum absolute atomic E-state index is 12.0. The van der Waals surface area contributed by atoms with Crippen LogP contribution in [0.25, 0.3) is 0 Å². The summed E-state index contributed by atoms with van der Waals surface area (Å²) in [5.41, 5.74) is 0.669. The minimum Gasteiger partial charge on any atom is -0.349 e. The SMILES string of the molecule is Cc1ccc(C(=O)NC(C)CS(C)=O)cc1S(=O)(=O)Cl. The third-order valence-electron chi connectivity index (χ3n) is 2.58. The van der Waals surface area contributed by atoms with Crippen LogP contribution in [0, 0.1) is 6.92 Å². The van der Waals surface area contributed by atoms with Gasteiger partial charge in [-0.15, -0.1) is 0 Å². The average Bonchev–Trinajstić information content (AvgIpc) is 2.26. The van der Waals surface area contributed by atoms with Gasteiger partial charge in [0.15, 0.2) is 0 Å². The summed E-state index contributed by atoms with van der Waals surface area (Å²) in [5.74, 6) is -0.0948. The van der Waals surface area contributed by atoms with Crippen molar-refractivity contribution in [2.24, 2.45) is 0 Å². The molecule has 8 heteroatoms. The van der Waals surface area contributed by atoms with Gasteiger partial charge in [0.1, 0.15) is 0 Å². The number of amides is 1. The monoisotopic (exact) mass is 337 g/mol. The summed E-state index contributed by atoms with van der Waals surface area (Å²) in [6.45, 7) is 3.33. The molecule has 0 saturated heterocycles. The zero-order valence-corrected chi connectivity index (χ0v) is 13.7. The molecule has 20 heavy (non-hydrogen) atoms. The summed E-state index contributed by atoms with van der Waals surface area (Å²) in [7, 11) is 0.400. The molecule has 0 radical (unpaired) electrons. The number of carbonyl (C=O) groups excluding carboxylic acids is 1. The fourth-order valence-corrected chi connectivity index (χ4v) is 3.71. The van der Waals surface area contributed by atoms with E-state index in [-0.39, 0.29) is 16.5 Å². The van der Waals surface area contributed by atoms with Crippen LogP contribution in [0.3, 0.4) is 0 Å². The van der Waals surface area contributed by atoms with Crippen molar-refractivity contribution < 1.29 is 17.4 Å². The lowest BCUT2D eigenvalue weighted by Crippen LogP contribution is -2.36. The van der Waals surface area contributed by atoms with Crippen LogP contribution < -0.4 is 5.32 Å². The number of rotatable bonds is 5. The average molecular weight is 338 g/mol. The van der Waals surface area contributed by atoms with E-state index in [0.717, 1.165) is 0 Å². The molecule has 0 heterocycles. The Bertz CT molecular complexity index is 643. The van der Waals surface area contributed by atoms with Gasteiger partial charge < -0.3 is 5.32 Å². The molecular formula is C12H16ClNO4S2. The molecule has 0 aromatic heterocycles. The molecule has 112 valence electrons. The van der Waals surface area contributed by atoms with Gasteiger partial charge in [-0.05, 0) is 31.5 Å². The highest BCUT2D eigenvalue weighted by molar-refractivity contribution is 8.13. The van der Waals surface area contributed by atoms with Crippen LogP contribution in [0.5, 0.6) is 0 Å². The number of halogens is 1. The van der Waals surface area contributed by atoms with E-state index in [1.807, 2.05) is 0 Å². The Morgan fingerprint density at radius 1 is 1.45 bits per heavy atom. The Balaban J connectivity index is 2.98. The second-order valence-corrected chi connectivity index (χ2v) is 8.55. The smallest absolute Gasteiger partial charge is 0.261 e. The van der Waals surface area contributed by atoms with Crippen LogP contribution in [-0.4, -0.2) is 36.6 Å². The summed E-state index contributed by atoms with van der Waals surface area (Å²) in [6.07, 6.45) is 1.55. The molecule has 2 unspecified atom stereocenters. The number of carbonyl (C=O) groups is 1. The third kappa shape index (κ3) is 4.88. The Kier molecular flexibility index (Phi) is 5.73. The van der Waals surface area contributed by atoms with Crippen LogP contribution in [0.1, 0.15) is 22.8 Å². The van der Waals surface area contributed by atoms with Gasteiger partial charge in [-0.3, -0.25) is 9.00 Å². The van der Waals surface area contributed by atoms with Gasteiger partial charge in [-0.1, -0.05) is 6.07 Å². The molecule has 0 fully saturated rings. The number of nitrogens with one attached hydrogen (secondary N) is 1. The second-order valence-electron chi connectivity index (χ2n) is 4.53. The first-order chi connectivity index (χ1) is 9.11. The maximum Gasteiger partial charge on any atom is 0.261 e. The fourth-order valence-electron chi connectivity index (χ4n) is 1.70. The Morgan fingerprint density at radius 2 is 2.05 bits per heavy atom. The molecule has 2 atom stereocenters. The molecule has 1 aromatic rings. The van der Waals surface area contributed by atoms with Crippen LogP contribution in [0.4, 0.5) is 0 Å². The molecule has 1 aromatic carbocycles. The largest absolute Gasteiger partial charge is 0.349 e. The summed E-state index contributed by atoms with van der Waals surface area (Å²) in [6, 6.07) is 4.01. The van der Waals surface area contributed by atoms with Crippen molar-refractivity contribution in [2.45, 2.75) is 24.8 Å². The van der Waals surface area contributed by atoms with E-state index in [4.69, 9.17) is 10.7 Å². The zero-order chi connectivity index (χ0) is 15.5. The quantitative estimate of drug-likeness (QED) is 0.824. The van der Waals surface area contributed by atoms with Crippen molar-refractivity contribution in [2.75, 3.05) is 12.0 Å². The summed E-state index contributed by atoms with van der Waals surface area (Å²) < 4.78 is 33.8. The number of hydrogen-bond donors (Lipinski definition) is 1. The van der Waals surface area contributed by atoms with E-state index in [2.05, 4.69) is 5.32 Å². The van der Waals surface area contributed by atoms with E-state index >= 15 is 0 Å². The van der Waals surface area contributed by atoms with Crippen LogP contribution >= 0.6 is 10.7 Å². The number of aryl methyl sites for hydroxylation is 1. The lowest BCUT2D eigenvalue weighted by Gasteiger charge is -2.13. The first-order valence-corrected chi connectivity index (χ1v) is 9.81. The Hall–Kier alpha value is -0.920. The van der Waals surface area contributed by atoms with E-state index in [1.165, 1.54) is 18.2 Å². The molecule has 0 spiro atoms. The van der Waals surface area contributed by atoms with Crippen molar-refractivity contribution in [3.05, 3.63) is 29.3 Å². The predicted octanol–water partition coefficient (Wildman–Crippen LogP) is 1.42. The summed E-state index contributed by atoms with van der Waals surface area (Å²) >= 11 is 0. The highest BCUT2D eigenvalue weighted by Gasteiger charge is 2.17. The molecule has 5 nitrogen and oxygen atoms in total. The minimum atomic E-state index is -3.89. The fraction of sp³-hybridized carbons (Fsp3) is 0.417. The van der Waals surface area contributed by atoms with Gasteiger partial charge in [-0.2, -0.15) is 0 Å².